The Morgan fingerprint density at radius 2 is 2.06 bits per heavy atom. The normalized spacial score (nSPS) is 17.3. The maximum absolute atomic E-state index is 5.08. The van der Waals surface area contributed by atoms with E-state index in [1.165, 1.54) is 18.4 Å². The van der Waals surface area contributed by atoms with Crippen LogP contribution in [0.5, 0.6) is 0 Å². The van der Waals surface area contributed by atoms with Crippen molar-refractivity contribution in [3.8, 4) is 0 Å². The van der Waals surface area contributed by atoms with Crippen molar-refractivity contribution in [3.63, 3.8) is 0 Å². The van der Waals surface area contributed by atoms with Gasteiger partial charge in [-0.2, -0.15) is 0 Å². The number of methoxy groups -OCH3 is 1. The van der Waals surface area contributed by atoms with Crippen LogP contribution in [0.4, 0.5) is 0 Å². The first-order chi connectivity index (χ1) is 7.90. The van der Waals surface area contributed by atoms with E-state index in [9.17, 15) is 0 Å². The van der Waals surface area contributed by atoms with E-state index >= 15 is 0 Å². The Balaban J connectivity index is 1.83. The molecule has 1 fully saturated rings. The van der Waals surface area contributed by atoms with E-state index in [2.05, 4.69) is 35.6 Å². The molecule has 2 heteroatoms. The van der Waals surface area contributed by atoms with Crippen molar-refractivity contribution in [2.24, 2.45) is 5.92 Å². The van der Waals surface area contributed by atoms with Crippen LogP contribution in [0.3, 0.4) is 0 Å². The zero-order valence-corrected chi connectivity index (χ0v) is 9.99. The molecule has 16 heavy (non-hydrogen) atoms. The Bertz CT molecular complexity index is 295. The summed E-state index contributed by atoms with van der Waals surface area (Å²) >= 11 is 0. The minimum atomic E-state index is 0.637. The zero-order chi connectivity index (χ0) is 11.2. The van der Waals surface area contributed by atoms with Crippen LogP contribution < -0.4 is 5.32 Å². The third-order valence-electron chi connectivity index (χ3n) is 3.20. The summed E-state index contributed by atoms with van der Waals surface area (Å²) in [5.74, 6) is 0.886. The van der Waals surface area contributed by atoms with Crippen LogP contribution in [0.15, 0.2) is 30.3 Å². The van der Waals surface area contributed by atoms with Crippen molar-refractivity contribution < 1.29 is 4.74 Å². The highest BCUT2D eigenvalue weighted by Gasteiger charge is 2.30. The van der Waals surface area contributed by atoms with E-state index in [0.717, 1.165) is 25.5 Å². The zero-order valence-electron chi connectivity index (χ0n) is 9.99. The van der Waals surface area contributed by atoms with E-state index in [-0.39, 0.29) is 0 Å². The third-order valence-corrected chi connectivity index (χ3v) is 3.20. The maximum atomic E-state index is 5.08. The predicted molar refractivity (Wildman–Crippen MR) is 66.5 cm³/mol. The van der Waals surface area contributed by atoms with Crippen molar-refractivity contribution in [3.05, 3.63) is 35.9 Å². The second kappa shape index (κ2) is 6.02. The molecular weight excluding hydrogens is 198 g/mol. The fourth-order valence-corrected chi connectivity index (χ4v) is 2.12. The van der Waals surface area contributed by atoms with Crippen molar-refractivity contribution in [1.29, 1.82) is 0 Å². The monoisotopic (exact) mass is 219 g/mol. The molecule has 1 atom stereocenters. The Labute approximate surface area is 98.0 Å². The summed E-state index contributed by atoms with van der Waals surface area (Å²) < 4.78 is 5.08. The number of ether oxygens (including phenoxy) is 1. The van der Waals surface area contributed by atoms with Crippen molar-refractivity contribution in [2.75, 3.05) is 20.3 Å². The average molecular weight is 219 g/mol. The molecule has 2 nitrogen and oxygen atoms in total. The SMILES string of the molecule is COCCNC(Cc1ccccc1)C1CC1. The number of benzene rings is 1. The minimum absolute atomic E-state index is 0.637. The minimum Gasteiger partial charge on any atom is -0.383 e. The van der Waals surface area contributed by atoms with E-state index in [0.29, 0.717) is 6.04 Å². The average Bonchev–Trinajstić information content (AvgIpc) is 3.13. The van der Waals surface area contributed by atoms with Gasteiger partial charge in [0.1, 0.15) is 0 Å². The molecule has 1 N–H and O–H groups in total. The lowest BCUT2D eigenvalue weighted by molar-refractivity contribution is 0.194. The van der Waals surface area contributed by atoms with Crippen LogP contribution in [0, 0.1) is 5.92 Å². The Morgan fingerprint density at radius 3 is 2.69 bits per heavy atom. The lowest BCUT2D eigenvalue weighted by Gasteiger charge is -2.18. The number of hydrogen-bond donors (Lipinski definition) is 1. The summed E-state index contributed by atoms with van der Waals surface area (Å²) in [6.45, 7) is 1.77. The molecule has 0 radical (unpaired) electrons. The van der Waals surface area contributed by atoms with Gasteiger partial charge in [-0.1, -0.05) is 30.3 Å². The molecular formula is C14H21NO. The van der Waals surface area contributed by atoms with Gasteiger partial charge >= 0.3 is 0 Å². The summed E-state index contributed by atoms with van der Waals surface area (Å²) in [5.41, 5.74) is 1.43. The van der Waals surface area contributed by atoms with Gasteiger partial charge in [0.15, 0.2) is 0 Å². The van der Waals surface area contributed by atoms with Crippen LogP contribution in [0.1, 0.15) is 18.4 Å². The Kier molecular flexibility index (Phi) is 4.37. The summed E-state index contributed by atoms with van der Waals surface area (Å²) in [6.07, 6.45) is 3.92. The second-order valence-electron chi connectivity index (χ2n) is 4.58. The van der Waals surface area contributed by atoms with Crippen LogP contribution in [-0.2, 0) is 11.2 Å². The molecule has 0 bridgehead atoms. The number of nitrogens with one attached hydrogen (secondary N) is 1. The first-order valence-electron chi connectivity index (χ1n) is 6.16. The molecule has 0 saturated heterocycles. The number of hydrogen-bond acceptors (Lipinski definition) is 2. The molecule has 0 heterocycles. The van der Waals surface area contributed by atoms with Gasteiger partial charge in [-0.15, -0.1) is 0 Å². The summed E-state index contributed by atoms with van der Waals surface area (Å²) in [7, 11) is 1.75. The molecule has 1 aromatic rings. The van der Waals surface area contributed by atoms with Gasteiger partial charge in [0, 0.05) is 19.7 Å². The largest absolute Gasteiger partial charge is 0.383 e. The first-order valence-corrected chi connectivity index (χ1v) is 6.16. The quantitative estimate of drug-likeness (QED) is 0.710. The van der Waals surface area contributed by atoms with Gasteiger partial charge in [-0.25, -0.2) is 0 Å². The van der Waals surface area contributed by atoms with E-state index < -0.39 is 0 Å². The number of rotatable bonds is 7. The molecule has 0 amide bonds. The van der Waals surface area contributed by atoms with Gasteiger partial charge in [0.2, 0.25) is 0 Å². The molecule has 2 rings (SSSR count). The lowest BCUT2D eigenvalue weighted by Crippen LogP contribution is -2.35. The smallest absolute Gasteiger partial charge is 0.0587 e. The van der Waals surface area contributed by atoms with Crippen molar-refractivity contribution >= 4 is 0 Å². The lowest BCUT2D eigenvalue weighted by atomic mass is 10.0. The maximum Gasteiger partial charge on any atom is 0.0587 e. The van der Waals surface area contributed by atoms with Gasteiger partial charge in [-0.3, -0.25) is 0 Å². The topological polar surface area (TPSA) is 21.3 Å². The second-order valence-corrected chi connectivity index (χ2v) is 4.58. The van der Waals surface area contributed by atoms with Crippen LogP contribution in [0.2, 0.25) is 0 Å². The van der Waals surface area contributed by atoms with Gasteiger partial charge in [-0.05, 0) is 30.7 Å². The van der Waals surface area contributed by atoms with Gasteiger partial charge < -0.3 is 10.1 Å². The highest BCUT2D eigenvalue weighted by molar-refractivity contribution is 5.16. The molecule has 1 aliphatic rings. The molecule has 1 saturated carbocycles. The molecule has 1 unspecified atom stereocenters. The Morgan fingerprint density at radius 1 is 1.31 bits per heavy atom. The Hall–Kier alpha value is -0.860. The molecule has 1 aromatic carbocycles. The molecule has 0 spiro atoms. The van der Waals surface area contributed by atoms with Gasteiger partial charge in [0.05, 0.1) is 6.61 Å². The molecule has 0 aliphatic heterocycles. The summed E-state index contributed by atoms with van der Waals surface area (Å²) in [6, 6.07) is 11.4. The van der Waals surface area contributed by atoms with E-state index in [4.69, 9.17) is 4.74 Å². The predicted octanol–water partition coefficient (Wildman–Crippen LogP) is 2.24. The molecule has 0 aromatic heterocycles. The van der Waals surface area contributed by atoms with Gasteiger partial charge in [0.25, 0.3) is 0 Å². The molecule has 1 aliphatic carbocycles. The van der Waals surface area contributed by atoms with Crippen LogP contribution >= 0.6 is 0 Å². The standard InChI is InChI=1S/C14H21NO/c1-16-10-9-15-14(13-7-8-13)11-12-5-3-2-4-6-12/h2-6,13-15H,7-11H2,1H3. The first kappa shape index (κ1) is 11.6. The van der Waals surface area contributed by atoms with Crippen LogP contribution in [0.25, 0.3) is 0 Å². The fourth-order valence-electron chi connectivity index (χ4n) is 2.12. The highest BCUT2D eigenvalue weighted by Crippen LogP contribution is 2.34. The highest BCUT2D eigenvalue weighted by atomic mass is 16.5. The van der Waals surface area contributed by atoms with E-state index in [1.54, 1.807) is 7.11 Å². The van der Waals surface area contributed by atoms with Crippen molar-refractivity contribution in [2.45, 2.75) is 25.3 Å². The molecule has 88 valence electrons. The summed E-state index contributed by atoms with van der Waals surface area (Å²) in [4.78, 5) is 0. The summed E-state index contributed by atoms with van der Waals surface area (Å²) in [5, 5.41) is 3.61. The van der Waals surface area contributed by atoms with Crippen molar-refractivity contribution in [1.82, 2.24) is 5.32 Å². The third kappa shape index (κ3) is 3.62. The van der Waals surface area contributed by atoms with E-state index in [1.807, 2.05) is 0 Å². The van der Waals surface area contributed by atoms with Crippen LogP contribution in [-0.4, -0.2) is 26.3 Å². The fraction of sp³-hybridized carbons (Fsp3) is 0.571.